The van der Waals surface area contributed by atoms with Crippen molar-refractivity contribution in [3.8, 4) is 5.75 Å². The molecule has 4 aromatic carbocycles. The van der Waals surface area contributed by atoms with E-state index in [9.17, 15) is 28.1 Å². The lowest BCUT2D eigenvalue weighted by Gasteiger charge is -2.34. The predicted octanol–water partition coefficient (Wildman–Crippen LogP) is 5.27. The van der Waals surface area contributed by atoms with Crippen molar-refractivity contribution in [2.75, 3.05) is 18.0 Å². The number of nitrogens with one attached hydrogen (secondary N) is 1. The van der Waals surface area contributed by atoms with Crippen LogP contribution in [0.3, 0.4) is 0 Å². The fourth-order valence-electron chi connectivity index (χ4n) is 5.07. The first-order valence-electron chi connectivity index (χ1n) is 15.0. The largest absolute Gasteiger partial charge is 0.497 e. The van der Waals surface area contributed by atoms with E-state index >= 15 is 0 Å². The summed E-state index contributed by atoms with van der Waals surface area (Å²) in [6.45, 7) is 4.48. The van der Waals surface area contributed by atoms with Crippen LogP contribution in [0.4, 0.5) is 11.4 Å². The molecule has 0 spiro atoms. The van der Waals surface area contributed by atoms with E-state index in [0.717, 1.165) is 21.5 Å². The molecule has 0 unspecified atom stereocenters. The molecule has 4 rings (SSSR count). The van der Waals surface area contributed by atoms with Gasteiger partial charge in [-0.1, -0.05) is 66.7 Å². The maximum absolute atomic E-state index is 14.5. The van der Waals surface area contributed by atoms with Crippen molar-refractivity contribution in [1.29, 1.82) is 0 Å². The Balaban J connectivity index is 1.83. The molecule has 0 heterocycles. The number of nitro groups is 1. The number of carbonyl (C=O) groups excluding carboxylic acids is 2. The van der Waals surface area contributed by atoms with Crippen LogP contribution in [0.1, 0.15) is 30.5 Å². The minimum absolute atomic E-state index is 0.0230. The standard InChI is InChI=1S/C35H38N4O7S/c1-25(2)36-35(41)33(21-27-11-7-5-8-12-27)37(23-28-13-9-6-10-14-28)34(40)24-38(29-16-18-30(46-4)19-17-29)47(44,45)31-20-15-26(3)32(22-31)39(42)43/h5-20,22,25,33H,21,23-24H2,1-4H3,(H,36,41)/t33-/m1/s1. The van der Waals surface area contributed by atoms with Crippen molar-refractivity contribution in [3.63, 3.8) is 0 Å². The van der Waals surface area contributed by atoms with Crippen LogP contribution in [0.15, 0.2) is 108 Å². The number of hydrogen-bond acceptors (Lipinski definition) is 7. The number of methoxy groups -OCH3 is 1. The molecule has 0 aliphatic heterocycles. The van der Waals surface area contributed by atoms with Crippen LogP contribution in [0, 0.1) is 17.0 Å². The number of ether oxygens (including phenoxy) is 1. The number of carbonyl (C=O) groups is 2. The van der Waals surface area contributed by atoms with E-state index in [4.69, 9.17) is 4.74 Å². The highest BCUT2D eigenvalue weighted by Gasteiger charge is 2.35. The van der Waals surface area contributed by atoms with E-state index in [1.54, 1.807) is 12.1 Å². The Labute approximate surface area is 275 Å². The number of benzene rings is 4. The van der Waals surface area contributed by atoms with E-state index < -0.39 is 33.4 Å². The van der Waals surface area contributed by atoms with Gasteiger partial charge in [0.1, 0.15) is 18.3 Å². The van der Waals surface area contributed by atoms with Gasteiger partial charge in [-0.05, 0) is 62.2 Å². The summed E-state index contributed by atoms with van der Waals surface area (Å²) in [6.07, 6.45) is 0.178. The maximum atomic E-state index is 14.5. The molecular formula is C35H38N4O7S. The van der Waals surface area contributed by atoms with E-state index in [2.05, 4.69) is 5.32 Å². The molecule has 4 aromatic rings. The van der Waals surface area contributed by atoms with Gasteiger partial charge in [0, 0.05) is 30.6 Å². The fraction of sp³-hybridized carbons (Fsp3) is 0.257. The van der Waals surface area contributed by atoms with Crippen molar-refractivity contribution in [2.24, 2.45) is 0 Å². The number of sulfonamides is 1. The Bertz CT molecular complexity index is 1800. The van der Waals surface area contributed by atoms with Gasteiger partial charge >= 0.3 is 0 Å². The second-order valence-electron chi connectivity index (χ2n) is 11.3. The summed E-state index contributed by atoms with van der Waals surface area (Å²) in [5.41, 5.74) is 1.60. The molecule has 0 radical (unpaired) electrons. The zero-order chi connectivity index (χ0) is 34.1. The summed E-state index contributed by atoms with van der Waals surface area (Å²) in [6, 6.07) is 26.9. The molecule has 12 heteroatoms. The topological polar surface area (TPSA) is 139 Å². The van der Waals surface area contributed by atoms with Gasteiger partial charge in [0.05, 0.1) is 22.6 Å². The number of nitrogens with zero attached hydrogens (tertiary/aromatic N) is 3. The Morgan fingerprint density at radius 3 is 2.04 bits per heavy atom. The number of aryl methyl sites for hydroxylation is 1. The number of anilines is 1. The first kappa shape index (κ1) is 34.6. The first-order chi connectivity index (χ1) is 22.4. The van der Waals surface area contributed by atoms with Gasteiger partial charge < -0.3 is 15.0 Å². The second kappa shape index (κ2) is 15.4. The van der Waals surface area contributed by atoms with Crippen molar-refractivity contribution in [3.05, 3.63) is 130 Å². The molecule has 0 bridgehead atoms. The molecule has 0 aliphatic carbocycles. The summed E-state index contributed by atoms with van der Waals surface area (Å²) >= 11 is 0. The van der Waals surface area contributed by atoms with E-state index in [1.165, 1.54) is 43.2 Å². The number of amides is 2. The predicted molar refractivity (Wildman–Crippen MR) is 180 cm³/mol. The molecule has 1 N–H and O–H groups in total. The van der Waals surface area contributed by atoms with Crippen LogP contribution >= 0.6 is 0 Å². The first-order valence-corrected chi connectivity index (χ1v) is 16.4. The maximum Gasteiger partial charge on any atom is 0.273 e. The molecule has 0 aliphatic rings. The zero-order valence-corrected chi connectivity index (χ0v) is 27.5. The average Bonchev–Trinajstić information content (AvgIpc) is 3.05. The number of nitro benzene ring substituents is 1. The SMILES string of the molecule is COc1ccc(N(CC(=O)N(Cc2ccccc2)[C@H](Cc2ccccc2)C(=O)NC(C)C)S(=O)(=O)c2ccc(C)c([N+](=O)[O-])c2)cc1. The summed E-state index contributed by atoms with van der Waals surface area (Å²) in [7, 11) is -3.06. The van der Waals surface area contributed by atoms with Crippen LogP contribution in [-0.2, 0) is 32.6 Å². The van der Waals surface area contributed by atoms with Crippen molar-refractivity contribution >= 4 is 33.2 Å². The lowest BCUT2D eigenvalue weighted by atomic mass is 10.0. The van der Waals surface area contributed by atoms with Gasteiger partial charge in [-0.25, -0.2) is 8.42 Å². The van der Waals surface area contributed by atoms with E-state index in [-0.39, 0.29) is 46.7 Å². The van der Waals surface area contributed by atoms with E-state index in [0.29, 0.717) is 5.75 Å². The van der Waals surface area contributed by atoms with Gasteiger partial charge in [0.2, 0.25) is 11.8 Å². The minimum Gasteiger partial charge on any atom is -0.497 e. The Morgan fingerprint density at radius 2 is 1.49 bits per heavy atom. The quantitative estimate of drug-likeness (QED) is 0.144. The van der Waals surface area contributed by atoms with Gasteiger partial charge in [0.15, 0.2) is 0 Å². The number of hydrogen-bond donors (Lipinski definition) is 1. The molecule has 0 saturated heterocycles. The van der Waals surface area contributed by atoms with Crippen LogP contribution in [-0.4, -0.2) is 55.8 Å². The lowest BCUT2D eigenvalue weighted by Crippen LogP contribution is -2.54. The van der Waals surface area contributed by atoms with Gasteiger partial charge in [-0.2, -0.15) is 0 Å². The van der Waals surface area contributed by atoms with Crippen LogP contribution < -0.4 is 14.4 Å². The summed E-state index contributed by atoms with van der Waals surface area (Å²) < 4.78 is 34.7. The van der Waals surface area contributed by atoms with Crippen LogP contribution in [0.5, 0.6) is 5.75 Å². The third-order valence-electron chi connectivity index (χ3n) is 7.50. The van der Waals surface area contributed by atoms with Crippen molar-refractivity contribution in [2.45, 2.75) is 50.7 Å². The Kier molecular flexibility index (Phi) is 11.3. The molecule has 1 atom stereocenters. The van der Waals surface area contributed by atoms with E-state index in [1.807, 2.05) is 74.5 Å². The average molecular weight is 659 g/mol. The summed E-state index contributed by atoms with van der Waals surface area (Å²) in [5, 5.41) is 14.6. The van der Waals surface area contributed by atoms with Crippen molar-refractivity contribution < 1.29 is 27.7 Å². The Morgan fingerprint density at radius 1 is 0.894 bits per heavy atom. The third-order valence-corrected chi connectivity index (χ3v) is 9.27. The normalized spacial score (nSPS) is 11.9. The molecule has 47 heavy (non-hydrogen) atoms. The molecule has 2 amide bonds. The number of rotatable bonds is 14. The molecule has 0 saturated carbocycles. The monoisotopic (exact) mass is 658 g/mol. The highest BCUT2D eigenvalue weighted by atomic mass is 32.2. The molecule has 0 fully saturated rings. The van der Waals surface area contributed by atoms with Gasteiger partial charge in [0.25, 0.3) is 15.7 Å². The van der Waals surface area contributed by atoms with Gasteiger partial charge in [-0.3, -0.25) is 24.0 Å². The minimum atomic E-state index is -4.53. The third kappa shape index (κ3) is 8.73. The Hall–Kier alpha value is -5.23. The molecular weight excluding hydrogens is 620 g/mol. The second-order valence-corrected chi connectivity index (χ2v) is 13.2. The van der Waals surface area contributed by atoms with Gasteiger partial charge in [-0.15, -0.1) is 0 Å². The molecule has 0 aromatic heterocycles. The highest BCUT2D eigenvalue weighted by Crippen LogP contribution is 2.30. The molecule has 11 nitrogen and oxygen atoms in total. The highest BCUT2D eigenvalue weighted by molar-refractivity contribution is 7.92. The zero-order valence-electron chi connectivity index (χ0n) is 26.7. The van der Waals surface area contributed by atoms with Crippen LogP contribution in [0.2, 0.25) is 0 Å². The summed E-state index contributed by atoms with van der Waals surface area (Å²) in [4.78, 5) is 40.3. The molecule has 246 valence electrons. The van der Waals surface area contributed by atoms with Crippen LogP contribution in [0.25, 0.3) is 0 Å². The lowest BCUT2D eigenvalue weighted by molar-refractivity contribution is -0.385. The van der Waals surface area contributed by atoms with Crippen molar-refractivity contribution in [1.82, 2.24) is 10.2 Å². The summed E-state index contributed by atoms with van der Waals surface area (Å²) in [5.74, 6) is -0.571. The smallest absolute Gasteiger partial charge is 0.273 e. The fourth-order valence-corrected chi connectivity index (χ4v) is 6.50.